The molecule has 1 heterocycles. The zero-order valence-corrected chi connectivity index (χ0v) is 13.4. The molecule has 3 nitrogen and oxygen atoms in total. The number of aryl methyl sites for hydroxylation is 1. The molecule has 2 rings (SSSR count). The molecule has 0 spiro atoms. The maximum absolute atomic E-state index is 5.83. The smallest absolute Gasteiger partial charge is 0.119 e. The van der Waals surface area contributed by atoms with Crippen LogP contribution in [0.3, 0.4) is 0 Å². The van der Waals surface area contributed by atoms with Gasteiger partial charge in [0.25, 0.3) is 0 Å². The molecule has 1 aliphatic heterocycles. The third-order valence-electron chi connectivity index (χ3n) is 4.24. The second-order valence-electron chi connectivity index (χ2n) is 6.01. The zero-order chi connectivity index (χ0) is 14.9. The van der Waals surface area contributed by atoms with Gasteiger partial charge in [0.15, 0.2) is 0 Å². The molecule has 2 unspecified atom stereocenters. The predicted molar refractivity (Wildman–Crippen MR) is 87.0 cm³/mol. The Hall–Kier alpha value is -1.06. The Morgan fingerprint density at radius 1 is 1.38 bits per heavy atom. The molecule has 1 fully saturated rings. The van der Waals surface area contributed by atoms with Gasteiger partial charge in [0.05, 0.1) is 12.7 Å². The van der Waals surface area contributed by atoms with Crippen LogP contribution in [-0.4, -0.2) is 32.4 Å². The van der Waals surface area contributed by atoms with E-state index in [0.717, 1.165) is 25.4 Å². The van der Waals surface area contributed by atoms with Gasteiger partial charge >= 0.3 is 0 Å². The van der Waals surface area contributed by atoms with E-state index < -0.39 is 0 Å². The van der Waals surface area contributed by atoms with Crippen molar-refractivity contribution in [1.29, 1.82) is 0 Å². The van der Waals surface area contributed by atoms with Crippen LogP contribution in [0.1, 0.15) is 44.1 Å². The van der Waals surface area contributed by atoms with Gasteiger partial charge in [0.1, 0.15) is 5.75 Å². The van der Waals surface area contributed by atoms with E-state index in [9.17, 15) is 0 Å². The number of rotatable bonds is 9. The molecule has 2 atom stereocenters. The lowest BCUT2D eigenvalue weighted by molar-refractivity contribution is 0.101. The van der Waals surface area contributed by atoms with Gasteiger partial charge in [0.2, 0.25) is 0 Å². The molecule has 0 amide bonds. The summed E-state index contributed by atoms with van der Waals surface area (Å²) in [6.07, 6.45) is 7.71. The summed E-state index contributed by atoms with van der Waals surface area (Å²) in [4.78, 5) is 0. The Labute approximate surface area is 129 Å². The van der Waals surface area contributed by atoms with Gasteiger partial charge in [-0.3, -0.25) is 0 Å². The van der Waals surface area contributed by atoms with Crippen LogP contribution in [-0.2, 0) is 4.74 Å². The first kappa shape index (κ1) is 16.3. The summed E-state index contributed by atoms with van der Waals surface area (Å²) in [6, 6.07) is 8.79. The Balaban J connectivity index is 1.60. The molecule has 1 N–H and O–H groups in total. The van der Waals surface area contributed by atoms with Gasteiger partial charge in [-0.2, -0.15) is 0 Å². The molecule has 0 radical (unpaired) electrons. The number of hydrogen-bond donors (Lipinski definition) is 1. The Morgan fingerprint density at radius 2 is 2.29 bits per heavy atom. The van der Waals surface area contributed by atoms with Gasteiger partial charge in [-0.25, -0.2) is 0 Å². The van der Waals surface area contributed by atoms with Crippen LogP contribution < -0.4 is 10.1 Å². The maximum Gasteiger partial charge on any atom is 0.119 e. The molecule has 1 aromatic carbocycles. The summed E-state index contributed by atoms with van der Waals surface area (Å²) in [6.45, 7) is 3.83. The first-order valence-electron chi connectivity index (χ1n) is 8.26. The van der Waals surface area contributed by atoms with Crippen molar-refractivity contribution in [2.75, 3.05) is 20.3 Å². The van der Waals surface area contributed by atoms with Crippen molar-refractivity contribution in [3.05, 3.63) is 29.8 Å². The molecule has 1 aromatic rings. The molecule has 1 aliphatic rings. The van der Waals surface area contributed by atoms with Crippen LogP contribution in [0.4, 0.5) is 0 Å². The van der Waals surface area contributed by atoms with Gasteiger partial charge < -0.3 is 14.8 Å². The lowest BCUT2D eigenvalue weighted by Crippen LogP contribution is -2.27. The van der Waals surface area contributed by atoms with Crippen molar-refractivity contribution in [3.8, 4) is 5.75 Å². The molecule has 0 bridgehead atoms. The molecule has 0 aromatic heterocycles. The van der Waals surface area contributed by atoms with Crippen molar-refractivity contribution in [1.82, 2.24) is 5.32 Å². The lowest BCUT2D eigenvalue weighted by Gasteiger charge is -2.17. The van der Waals surface area contributed by atoms with Gasteiger partial charge in [-0.05, 0) is 70.2 Å². The summed E-state index contributed by atoms with van der Waals surface area (Å²) in [5.74, 6) is 0.976. The van der Waals surface area contributed by atoms with Crippen molar-refractivity contribution in [2.45, 2.75) is 57.6 Å². The highest BCUT2D eigenvalue weighted by Crippen LogP contribution is 2.19. The molecule has 21 heavy (non-hydrogen) atoms. The van der Waals surface area contributed by atoms with E-state index >= 15 is 0 Å². The summed E-state index contributed by atoms with van der Waals surface area (Å²) >= 11 is 0. The standard InChI is InChI=1S/C18H29NO2/c1-15-6-3-9-18(14-15)21-13-11-16(19-2)7-4-8-17-10-5-12-20-17/h3,6,9,14,16-17,19H,4-5,7-8,10-13H2,1-2H3. The van der Waals surface area contributed by atoms with Crippen LogP contribution in [0.15, 0.2) is 24.3 Å². The minimum Gasteiger partial charge on any atom is -0.494 e. The molecular weight excluding hydrogens is 262 g/mol. The molecule has 1 saturated heterocycles. The SMILES string of the molecule is CNC(CCCC1CCCO1)CCOc1cccc(C)c1. The molecule has 0 aliphatic carbocycles. The van der Waals surface area contributed by atoms with Gasteiger partial charge in [-0.1, -0.05) is 12.1 Å². The van der Waals surface area contributed by atoms with Crippen LogP contribution >= 0.6 is 0 Å². The van der Waals surface area contributed by atoms with E-state index in [4.69, 9.17) is 9.47 Å². The number of ether oxygens (including phenoxy) is 2. The predicted octanol–water partition coefficient (Wildman–Crippen LogP) is 3.70. The molecule has 118 valence electrons. The van der Waals surface area contributed by atoms with Gasteiger partial charge in [-0.15, -0.1) is 0 Å². The van der Waals surface area contributed by atoms with Crippen LogP contribution in [0.2, 0.25) is 0 Å². The fraction of sp³-hybridized carbons (Fsp3) is 0.667. The molecule has 0 saturated carbocycles. The fourth-order valence-corrected chi connectivity index (χ4v) is 2.92. The fourth-order valence-electron chi connectivity index (χ4n) is 2.92. The number of benzene rings is 1. The Kier molecular flexibility index (Phi) is 7.04. The second-order valence-corrected chi connectivity index (χ2v) is 6.01. The first-order chi connectivity index (χ1) is 10.3. The van der Waals surface area contributed by atoms with E-state index in [0.29, 0.717) is 12.1 Å². The average Bonchev–Trinajstić information content (AvgIpc) is 2.99. The van der Waals surface area contributed by atoms with Crippen LogP contribution in [0.25, 0.3) is 0 Å². The second kappa shape index (κ2) is 9.06. The van der Waals surface area contributed by atoms with E-state index in [1.165, 1.54) is 37.7 Å². The van der Waals surface area contributed by atoms with Crippen molar-refractivity contribution in [3.63, 3.8) is 0 Å². The van der Waals surface area contributed by atoms with Crippen LogP contribution in [0.5, 0.6) is 5.75 Å². The monoisotopic (exact) mass is 291 g/mol. The first-order valence-corrected chi connectivity index (χ1v) is 8.26. The quantitative estimate of drug-likeness (QED) is 0.752. The maximum atomic E-state index is 5.83. The summed E-state index contributed by atoms with van der Waals surface area (Å²) in [7, 11) is 2.05. The number of hydrogen-bond acceptors (Lipinski definition) is 3. The van der Waals surface area contributed by atoms with Gasteiger partial charge in [0, 0.05) is 12.6 Å². The number of nitrogens with one attached hydrogen (secondary N) is 1. The Morgan fingerprint density at radius 3 is 3.00 bits per heavy atom. The average molecular weight is 291 g/mol. The topological polar surface area (TPSA) is 30.5 Å². The summed E-state index contributed by atoms with van der Waals surface area (Å²) < 4.78 is 11.5. The third kappa shape index (κ3) is 6.06. The zero-order valence-electron chi connectivity index (χ0n) is 13.4. The molecular formula is C18H29NO2. The van der Waals surface area contributed by atoms with E-state index in [-0.39, 0.29) is 0 Å². The summed E-state index contributed by atoms with van der Waals surface area (Å²) in [5.41, 5.74) is 1.24. The largest absolute Gasteiger partial charge is 0.494 e. The highest BCUT2D eigenvalue weighted by Gasteiger charge is 2.15. The normalized spacial score (nSPS) is 19.6. The minimum absolute atomic E-state index is 0.519. The van der Waals surface area contributed by atoms with Crippen LogP contribution in [0, 0.1) is 6.92 Å². The minimum atomic E-state index is 0.519. The van der Waals surface area contributed by atoms with E-state index in [2.05, 4.69) is 24.4 Å². The highest BCUT2D eigenvalue weighted by atomic mass is 16.5. The summed E-state index contributed by atoms with van der Waals surface area (Å²) in [5, 5.41) is 3.40. The third-order valence-corrected chi connectivity index (χ3v) is 4.24. The lowest BCUT2D eigenvalue weighted by atomic mass is 10.0. The van der Waals surface area contributed by atoms with Crippen molar-refractivity contribution >= 4 is 0 Å². The molecule has 3 heteroatoms. The van der Waals surface area contributed by atoms with Crippen molar-refractivity contribution < 1.29 is 9.47 Å². The van der Waals surface area contributed by atoms with Crippen molar-refractivity contribution in [2.24, 2.45) is 0 Å². The van der Waals surface area contributed by atoms with E-state index in [1.807, 2.05) is 19.2 Å². The van der Waals surface area contributed by atoms with E-state index in [1.54, 1.807) is 0 Å². The Bertz CT molecular complexity index is 402. The highest BCUT2D eigenvalue weighted by molar-refractivity contribution is 5.27.